The van der Waals surface area contributed by atoms with Gasteiger partial charge in [0, 0.05) is 12.3 Å². The zero-order chi connectivity index (χ0) is 14.1. The molecule has 0 unspecified atom stereocenters. The number of fused-ring (bicyclic) bond motifs is 1. The van der Waals surface area contributed by atoms with Gasteiger partial charge >= 0.3 is 0 Å². The van der Waals surface area contributed by atoms with E-state index >= 15 is 0 Å². The van der Waals surface area contributed by atoms with Crippen LogP contribution in [0.4, 0.5) is 0 Å². The summed E-state index contributed by atoms with van der Waals surface area (Å²) in [7, 11) is 0. The summed E-state index contributed by atoms with van der Waals surface area (Å²) in [4.78, 5) is 0.887. The van der Waals surface area contributed by atoms with Gasteiger partial charge in [-0.05, 0) is 11.5 Å². The number of nitrogens with zero attached hydrogens (tertiary/aromatic N) is 4. The van der Waals surface area contributed by atoms with Crippen LogP contribution in [-0.4, -0.2) is 19.8 Å². The van der Waals surface area contributed by atoms with Crippen LogP contribution >= 0.6 is 11.3 Å². The standard InChI is InChI=1S/C15H18N4S/c1-10(2)9-13-16-17-15-19(13)18-14(20-15)11(3)12-7-5-4-6-8-12/h4-8,10-11H,9H2,1-3H3/t11-/m0/s1. The molecule has 0 fully saturated rings. The molecule has 0 aliphatic carbocycles. The van der Waals surface area contributed by atoms with Gasteiger partial charge in [-0.15, -0.1) is 10.2 Å². The minimum Gasteiger partial charge on any atom is -0.187 e. The Balaban J connectivity index is 1.95. The Kier molecular flexibility index (Phi) is 3.53. The molecule has 0 amide bonds. The van der Waals surface area contributed by atoms with E-state index in [-0.39, 0.29) is 5.92 Å². The third-order valence-electron chi connectivity index (χ3n) is 3.33. The Labute approximate surface area is 122 Å². The van der Waals surface area contributed by atoms with Crippen molar-refractivity contribution in [2.45, 2.75) is 33.1 Å². The lowest BCUT2D eigenvalue weighted by atomic mass is 10.0. The van der Waals surface area contributed by atoms with E-state index in [0.29, 0.717) is 5.92 Å². The highest BCUT2D eigenvalue weighted by Crippen LogP contribution is 2.28. The summed E-state index contributed by atoms with van der Waals surface area (Å²) in [6.07, 6.45) is 0.907. The summed E-state index contributed by atoms with van der Waals surface area (Å²) in [5.74, 6) is 1.80. The topological polar surface area (TPSA) is 43.1 Å². The highest BCUT2D eigenvalue weighted by molar-refractivity contribution is 7.16. The predicted octanol–water partition coefficient (Wildman–Crippen LogP) is 3.54. The van der Waals surface area contributed by atoms with Gasteiger partial charge in [0.2, 0.25) is 4.96 Å². The van der Waals surface area contributed by atoms with E-state index in [1.54, 1.807) is 11.3 Å². The number of aromatic nitrogens is 4. The van der Waals surface area contributed by atoms with Gasteiger partial charge < -0.3 is 0 Å². The molecule has 104 valence electrons. The number of benzene rings is 1. The lowest BCUT2D eigenvalue weighted by Crippen LogP contribution is -2.03. The third-order valence-corrected chi connectivity index (χ3v) is 4.41. The summed E-state index contributed by atoms with van der Waals surface area (Å²) in [6.45, 7) is 6.55. The van der Waals surface area contributed by atoms with Crippen molar-refractivity contribution in [1.29, 1.82) is 0 Å². The van der Waals surface area contributed by atoms with E-state index in [4.69, 9.17) is 5.10 Å². The number of hydrogen-bond acceptors (Lipinski definition) is 4. The van der Waals surface area contributed by atoms with Crippen LogP contribution in [0, 0.1) is 5.92 Å². The fourth-order valence-corrected chi connectivity index (χ4v) is 3.16. The van der Waals surface area contributed by atoms with Gasteiger partial charge in [0.1, 0.15) is 5.01 Å². The molecule has 4 nitrogen and oxygen atoms in total. The van der Waals surface area contributed by atoms with E-state index in [0.717, 1.165) is 22.2 Å². The Morgan fingerprint density at radius 3 is 2.55 bits per heavy atom. The fourth-order valence-electron chi connectivity index (χ4n) is 2.22. The van der Waals surface area contributed by atoms with Crippen molar-refractivity contribution in [3.05, 3.63) is 46.7 Å². The van der Waals surface area contributed by atoms with Crippen LogP contribution < -0.4 is 0 Å². The Morgan fingerprint density at radius 1 is 1.10 bits per heavy atom. The maximum atomic E-state index is 4.71. The molecular weight excluding hydrogens is 268 g/mol. The maximum absolute atomic E-state index is 4.71. The first-order chi connectivity index (χ1) is 9.65. The zero-order valence-corrected chi connectivity index (χ0v) is 12.8. The maximum Gasteiger partial charge on any atom is 0.234 e. The van der Waals surface area contributed by atoms with E-state index in [9.17, 15) is 0 Å². The van der Waals surface area contributed by atoms with Crippen molar-refractivity contribution in [1.82, 2.24) is 19.8 Å². The Hall–Kier alpha value is -1.75. The van der Waals surface area contributed by atoms with Crippen molar-refractivity contribution < 1.29 is 0 Å². The van der Waals surface area contributed by atoms with Gasteiger partial charge in [0.25, 0.3) is 0 Å². The lowest BCUT2D eigenvalue weighted by molar-refractivity contribution is 0.604. The van der Waals surface area contributed by atoms with Crippen LogP contribution in [0.5, 0.6) is 0 Å². The van der Waals surface area contributed by atoms with Gasteiger partial charge in [-0.2, -0.15) is 9.61 Å². The van der Waals surface area contributed by atoms with Gasteiger partial charge in [-0.1, -0.05) is 62.4 Å². The highest BCUT2D eigenvalue weighted by Gasteiger charge is 2.17. The molecule has 0 spiro atoms. The van der Waals surface area contributed by atoms with Gasteiger partial charge in [-0.3, -0.25) is 0 Å². The molecule has 0 aliphatic rings. The van der Waals surface area contributed by atoms with Crippen LogP contribution in [-0.2, 0) is 6.42 Å². The molecule has 3 rings (SSSR count). The first-order valence-electron chi connectivity index (χ1n) is 6.91. The van der Waals surface area contributed by atoms with E-state index in [1.807, 2.05) is 10.6 Å². The van der Waals surface area contributed by atoms with E-state index < -0.39 is 0 Å². The van der Waals surface area contributed by atoms with Crippen molar-refractivity contribution >= 4 is 16.3 Å². The first-order valence-corrected chi connectivity index (χ1v) is 7.72. The highest BCUT2D eigenvalue weighted by atomic mass is 32.1. The van der Waals surface area contributed by atoms with Crippen molar-refractivity contribution in [2.24, 2.45) is 5.92 Å². The van der Waals surface area contributed by atoms with Crippen LogP contribution in [0.25, 0.3) is 4.96 Å². The summed E-state index contributed by atoms with van der Waals surface area (Å²) >= 11 is 1.63. The fraction of sp³-hybridized carbons (Fsp3) is 0.400. The molecule has 1 atom stereocenters. The summed E-state index contributed by atoms with van der Waals surface area (Å²) < 4.78 is 1.90. The van der Waals surface area contributed by atoms with Crippen LogP contribution in [0.15, 0.2) is 30.3 Å². The molecule has 2 heterocycles. The van der Waals surface area contributed by atoms with Crippen LogP contribution in [0.3, 0.4) is 0 Å². The second-order valence-electron chi connectivity index (χ2n) is 5.48. The molecule has 20 heavy (non-hydrogen) atoms. The quantitative estimate of drug-likeness (QED) is 0.737. The van der Waals surface area contributed by atoms with E-state index in [2.05, 4.69) is 55.2 Å². The Bertz CT molecular complexity index is 699. The monoisotopic (exact) mass is 286 g/mol. The van der Waals surface area contributed by atoms with Crippen molar-refractivity contribution in [2.75, 3.05) is 0 Å². The lowest BCUT2D eigenvalue weighted by Gasteiger charge is -2.07. The van der Waals surface area contributed by atoms with Gasteiger partial charge in [0.05, 0.1) is 0 Å². The first kappa shape index (κ1) is 13.2. The molecule has 0 radical (unpaired) electrons. The summed E-state index contributed by atoms with van der Waals surface area (Å²) in [5, 5.41) is 14.3. The minimum absolute atomic E-state index is 0.287. The predicted molar refractivity (Wildman–Crippen MR) is 81.2 cm³/mol. The minimum atomic E-state index is 0.287. The number of hydrogen-bond donors (Lipinski definition) is 0. The molecule has 0 saturated carbocycles. The second kappa shape index (κ2) is 5.32. The average molecular weight is 286 g/mol. The molecule has 0 bridgehead atoms. The van der Waals surface area contributed by atoms with E-state index in [1.165, 1.54) is 5.56 Å². The molecule has 2 aromatic heterocycles. The van der Waals surface area contributed by atoms with Crippen molar-refractivity contribution in [3.8, 4) is 0 Å². The van der Waals surface area contributed by atoms with Crippen molar-refractivity contribution in [3.63, 3.8) is 0 Å². The average Bonchev–Trinajstić information content (AvgIpc) is 3.01. The second-order valence-corrected chi connectivity index (χ2v) is 6.47. The zero-order valence-electron chi connectivity index (χ0n) is 11.9. The molecule has 0 N–H and O–H groups in total. The SMILES string of the molecule is CC(C)Cc1nnc2sc([C@@H](C)c3ccccc3)nn12. The summed E-state index contributed by atoms with van der Waals surface area (Å²) in [5.41, 5.74) is 1.28. The molecule has 1 aromatic carbocycles. The normalized spacial score (nSPS) is 13.2. The van der Waals surface area contributed by atoms with Gasteiger partial charge in [-0.25, -0.2) is 0 Å². The summed E-state index contributed by atoms with van der Waals surface area (Å²) in [6, 6.07) is 10.5. The third kappa shape index (κ3) is 2.45. The molecule has 5 heteroatoms. The molecular formula is C15H18N4S. The van der Waals surface area contributed by atoms with Crippen LogP contribution in [0.1, 0.15) is 43.1 Å². The largest absolute Gasteiger partial charge is 0.234 e. The molecule has 3 aromatic rings. The van der Waals surface area contributed by atoms with Crippen LogP contribution in [0.2, 0.25) is 0 Å². The molecule has 0 aliphatic heterocycles. The molecule has 0 saturated heterocycles. The smallest absolute Gasteiger partial charge is 0.187 e. The number of rotatable bonds is 4. The Morgan fingerprint density at radius 2 is 1.85 bits per heavy atom. The van der Waals surface area contributed by atoms with Gasteiger partial charge in [0.15, 0.2) is 5.82 Å².